The maximum atomic E-state index is 12.8. The van der Waals surface area contributed by atoms with E-state index in [1.54, 1.807) is 23.1 Å². The van der Waals surface area contributed by atoms with Crippen LogP contribution < -0.4 is 0 Å². The molecule has 1 aliphatic carbocycles. The third kappa shape index (κ3) is 5.91. The molecule has 0 saturated heterocycles. The number of amides is 1. The summed E-state index contributed by atoms with van der Waals surface area (Å²) >= 11 is 0. The first-order chi connectivity index (χ1) is 12.9. The molecule has 7 nitrogen and oxygen atoms in total. The number of non-ortho nitro benzene ring substituents is 1. The number of nitrogens with zero attached hydrogens (tertiary/aromatic N) is 2. The Bertz CT molecular complexity index is 699. The molecule has 2 rings (SSSR count). The normalized spacial score (nSPS) is 19.6. The van der Waals surface area contributed by atoms with Gasteiger partial charge >= 0.3 is 5.97 Å². The first kappa shape index (κ1) is 20.6. The largest absolute Gasteiger partial charge is 0.469 e. The van der Waals surface area contributed by atoms with E-state index in [9.17, 15) is 19.7 Å². The van der Waals surface area contributed by atoms with Gasteiger partial charge in [-0.3, -0.25) is 19.7 Å². The van der Waals surface area contributed by atoms with Crippen LogP contribution in [0.1, 0.15) is 44.6 Å². The van der Waals surface area contributed by atoms with Crippen LogP contribution in [0.4, 0.5) is 5.69 Å². The molecule has 7 heteroatoms. The Labute approximate surface area is 159 Å². The van der Waals surface area contributed by atoms with E-state index in [2.05, 4.69) is 6.92 Å². The SMILES string of the molecule is COC(=O)CCN(C(=O)/C=C/c1ccc([N+](=O)[O-])cc1)C1CCCCC1C. The monoisotopic (exact) mass is 374 g/mol. The second-order valence-electron chi connectivity index (χ2n) is 6.87. The lowest BCUT2D eigenvalue weighted by molar-refractivity contribution is -0.384. The molecule has 27 heavy (non-hydrogen) atoms. The number of methoxy groups -OCH3 is 1. The summed E-state index contributed by atoms with van der Waals surface area (Å²) in [6.45, 7) is 2.47. The number of hydrogen-bond donors (Lipinski definition) is 0. The van der Waals surface area contributed by atoms with E-state index in [-0.39, 0.29) is 30.0 Å². The predicted octanol–water partition coefficient (Wildman–Crippen LogP) is 3.58. The maximum absolute atomic E-state index is 12.8. The van der Waals surface area contributed by atoms with Crippen LogP contribution in [0, 0.1) is 16.0 Å². The summed E-state index contributed by atoms with van der Waals surface area (Å²) in [6.07, 6.45) is 7.51. The molecule has 146 valence electrons. The first-order valence-electron chi connectivity index (χ1n) is 9.22. The molecule has 0 spiro atoms. The Morgan fingerprint density at radius 2 is 1.93 bits per heavy atom. The van der Waals surface area contributed by atoms with Gasteiger partial charge in [-0.05, 0) is 42.5 Å². The van der Waals surface area contributed by atoms with Crippen molar-refractivity contribution < 1.29 is 19.2 Å². The molecule has 0 aliphatic heterocycles. The molecule has 1 aliphatic rings. The summed E-state index contributed by atoms with van der Waals surface area (Å²) in [4.78, 5) is 36.4. The number of nitro groups is 1. The van der Waals surface area contributed by atoms with Crippen LogP contribution in [0.3, 0.4) is 0 Å². The molecule has 0 heterocycles. The van der Waals surface area contributed by atoms with Gasteiger partial charge in [0.1, 0.15) is 0 Å². The molecule has 0 radical (unpaired) electrons. The maximum Gasteiger partial charge on any atom is 0.307 e. The average molecular weight is 374 g/mol. The van der Waals surface area contributed by atoms with E-state index < -0.39 is 4.92 Å². The van der Waals surface area contributed by atoms with Gasteiger partial charge in [-0.1, -0.05) is 19.8 Å². The molecule has 1 aromatic carbocycles. The summed E-state index contributed by atoms with van der Waals surface area (Å²) in [5, 5.41) is 10.7. The van der Waals surface area contributed by atoms with Crippen LogP contribution in [-0.2, 0) is 14.3 Å². The Morgan fingerprint density at radius 1 is 1.26 bits per heavy atom. The minimum atomic E-state index is -0.461. The van der Waals surface area contributed by atoms with Gasteiger partial charge in [-0.25, -0.2) is 0 Å². The topological polar surface area (TPSA) is 89.8 Å². The first-order valence-corrected chi connectivity index (χ1v) is 9.22. The van der Waals surface area contributed by atoms with Gasteiger partial charge in [0.2, 0.25) is 5.91 Å². The van der Waals surface area contributed by atoms with Crippen LogP contribution >= 0.6 is 0 Å². The number of benzene rings is 1. The van der Waals surface area contributed by atoms with Gasteiger partial charge < -0.3 is 9.64 Å². The fourth-order valence-electron chi connectivity index (χ4n) is 3.48. The lowest BCUT2D eigenvalue weighted by Crippen LogP contribution is -2.45. The van der Waals surface area contributed by atoms with Crippen molar-refractivity contribution >= 4 is 23.6 Å². The van der Waals surface area contributed by atoms with E-state index in [0.29, 0.717) is 18.0 Å². The highest BCUT2D eigenvalue weighted by Crippen LogP contribution is 2.28. The highest BCUT2D eigenvalue weighted by molar-refractivity contribution is 5.92. The summed E-state index contributed by atoms with van der Waals surface area (Å²) in [5.74, 6) is -0.111. The van der Waals surface area contributed by atoms with Crippen molar-refractivity contribution in [2.24, 2.45) is 5.92 Å². The van der Waals surface area contributed by atoms with Crippen molar-refractivity contribution in [1.82, 2.24) is 4.90 Å². The number of nitro benzene ring substituents is 1. The lowest BCUT2D eigenvalue weighted by Gasteiger charge is -2.38. The highest BCUT2D eigenvalue weighted by atomic mass is 16.6. The molecule has 2 unspecified atom stereocenters. The third-order valence-corrected chi connectivity index (χ3v) is 5.06. The Morgan fingerprint density at radius 3 is 2.52 bits per heavy atom. The zero-order valence-corrected chi connectivity index (χ0v) is 15.8. The zero-order chi connectivity index (χ0) is 19.8. The van der Waals surface area contributed by atoms with Gasteiger partial charge in [-0.15, -0.1) is 0 Å². The number of ether oxygens (including phenoxy) is 1. The second kappa shape index (κ2) is 9.85. The quantitative estimate of drug-likeness (QED) is 0.315. The Balaban J connectivity index is 2.11. The van der Waals surface area contributed by atoms with Crippen LogP contribution in [0.15, 0.2) is 30.3 Å². The number of esters is 1. The molecule has 1 aromatic rings. The second-order valence-corrected chi connectivity index (χ2v) is 6.87. The van der Waals surface area contributed by atoms with Crippen molar-refractivity contribution in [3.63, 3.8) is 0 Å². The molecule has 1 amide bonds. The molecule has 2 atom stereocenters. The molecule has 0 bridgehead atoms. The van der Waals surface area contributed by atoms with Crippen LogP contribution in [0.5, 0.6) is 0 Å². The van der Waals surface area contributed by atoms with E-state index >= 15 is 0 Å². The van der Waals surface area contributed by atoms with E-state index in [1.165, 1.54) is 25.3 Å². The number of carbonyl (C=O) groups excluding carboxylic acids is 2. The zero-order valence-electron chi connectivity index (χ0n) is 15.8. The Kier molecular flexibility index (Phi) is 7.52. The van der Waals surface area contributed by atoms with Gasteiger partial charge in [0.05, 0.1) is 18.5 Å². The summed E-state index contributed by atoms with van der Waals surface area (Å²) in [6, 6.07) is 6.12. The lowest BCUT2D eigenvalue weighted by atomic mass is 9.84. The van der Waals surface area contributed by atoms with Gasteiger partial charge in [0.25, 0.3) is 5.69 Å². The van der Waals surface area contributed by atoms with Crippen LogP contribution in [0.2, 0.25) is 0 Å². The average Bonchev–Trinajstić information content (AvgIpc) is 2.67. The van der Waals surface area contributed by atoms with E-state index in [4.69, 9.17) is 4.74 Å². The Hall–Kier alpha value is -2.70. The smallest absolute Gasteiger partial charge is 0.307 e. The molecular formula is C20H26N2O5. The fraction of sp³-hybridized carbons (Fsp3) is 0.500. The van der Waals surface area contributed by atoms with E-state index in [1.807, 2.05) is 0 Å². The molecule has 1 saturated carbocycles. The number of hydrogen-bond acceptors (Lipinski definition) is 5. The van der Waals surface area contributed by atoms with Crippen molar-refractivity contribution in [2.75, 3.05) is 13.7 Å². The third-order valence-electron chi connectivity index (χ3n) is 5.06. The van der Waals surface area contributed by atoms with Gasteiger partial charge in [0.15, 0.2) is 0 Å². The highest BCUT2D eigenvalue weighted by Gasteiger charge is 2.29. The summed E-state index contributed by atoms with van der Waals surface area (Å²) in [5.41, 5.74) is 0.716. The van der Waals surface area contributed by atoms with Crippen LogP contribution in [0.25, 0.3) is 6.08 Å². The predicted molar refractivity (Wildman–Crippen MR) is 102 cm³/mol. The van der Waals surface area contributed by atoms with E-state index in [0.717, 1.165) is 25.7 Å². The summed E-state index contributed by atoms with van der Waals surface area (Å²) < 4.78 is 4.70. The minimum absolute atomic E-state index is 0.00853. The number of carbonyl (C=O) groups is 2. The summed E-state index contributed by atoms with van der Waals surface area (Å²) in [7, 11) is 1.34. The van der Waals surface area contributed by atoms with Gasteiger partial charge in [0, 0.05) is 30.8 Å². The van der Waals surface area contributed by atoms with Crippen molar-refractivity contribution in [3.8, 4) is 0 Å². The standard InChI is InChI=1S/C20H26N2O5/c1-15-5-3-4-6-18(15)21(14-13-20(24)27-2)19(23)12-9-16-7-10-17(11-8-16)22(25)26/h7-12,15,18H,3-6,13-14H2,1-2H3/b12-9+. The molecule has 0 N–H and O–H groups in total. The fourth-order valence-corrected chi connectivity index (χ4v) is 3.48. The molecule has 1 fully saturated rings. The van der Waals surface area contributed by atoms with Crippen molar-refractivity contribution in [1.29, 1.82) is 0 Å². The van der Waals surface area contributed by atoms with Crippen LogP contribution in [-0.4, -0.2) is 41.4 Å². The van der Waals surface area contributed by atoms with Crippen molar-refractivity contribution in [2.45, 2.75) is 45.1 Å². The minimum Gasteiger partial charge on any atom is -0.469 e. The molecule has 0 aromatic heterocycles. The van der Waals surface area contributed by atoms with Gasteiger partial charge in [-0.2, -0.15) is 0 Å². The molecular weight excluding hydrogens is 348 g/mol. The van der Waals surface area contributed by atoms with Crippen molar-refractivity contribution in [3.05, 3.63) is 46.0 Å². The number of rotatable bonds is 7.